The maximum absolute atomic E-state index is 13.3. The van der Waals surface area contributed by atoms with Crippen LogP contribution in [0.3, 0.4) is 0 Å². The van der Waals surface area contributed by atoms with E-state index in [2.05, 4.69) is 91.0 Å². The van der Waals surface area contributed by atoms with Crippen molar-refractivity contribution in [3.63, 3.8) is 0 Å². The molecule has 2 atom stereocenters. The second-order valence-corrected chi connectivity index (χ2v) is 17.4. The molecular weight excluding hydrogens is 721 g/mol. The molecule has 0 amide bonds. The third kappa shape index (κ3) is 17.2. The van der Waals surface area contributed by atoms with Crippen LogP contribution in [-0.2, 0) is 28.7 Å². The fourth-order valence-electron chi connectivity index (χ4n) is 7.42. The fourth-order valence-corrected chi connectivity index (χ4v) is 7.42. The Kier molecular flexibility index (Phi) is 21.0. The smallest absolute Gasteiger partial charge is 0.306 e. The van der Waals surface area contributed by atoms with Crippen LogP contribution < -0.4 is 0 Å². The Morgan fingerprint density at radius 2 is 0.948 bits per heavy atom. The van der Waals surface area contributed by atoms with Gasteiger partial charge in [-0.1, -0.05) is 161 Å². The summed E-state index contributed by atoms with van der Waals surface area (Å²) in [6, 6.07) is 0. The summed E-state index contributed by atoms with van der Waals surface area (Å²) in [7, 11) is 1.60. The van der Waals surface area contributed by atoms with Gasteiger partial charge in [-0.2, -0.15) is 0 Å². The minimum absolute atomic E-state index is 0.0762. The molecular formula is C52H72O6. The molecule has 2 unspecified atom stereocenters. The third-order valence-corrected chi connectivity index (χ3v) is 11.0. The lowest BCUT2D eigenvalue weighted by atomic mass is 9.71. The molecule has 0 fully saturated rings. The topological polar surface area (TPSA) is 86.7 Å². The predicted octanol–water partition coefficient (Wildman–Crippen LogP) is 12.8. The van der Waals surface area contributed by atoms with Crippen molar-refractivity contribution in [2.75, 3.05) is 7.11 Å². The van der Waals surface area contributed by atoms with Crippen LogP contribution in [0.4, 0.5) is 0 Å². The number of hydrogen-bond donors (Lipinski definition) is 0. The number of esters is 1. The standard InChI is InChI=1S/C52H72O6/c1-37(25-21-27-39(3)31-33-44-42(6)49(55)46(57-12)35-51(44,8)9)23-19-20-24-38(2)26-22-28-40(4)32-34-45-43(7)50(56)47(36-52(45,10)11)58-48(54)30-18-16-14-13-15-17-29-41(5)53/h19-28,31-34,46-47H,13-18,29-30,35-36H2,1-12H3/b20-19+,25-21+,26-22+,33-31+,34-32+,37-23+,38-24+,39-27+,40-28+. The molecule has 0 aromatic rings. The van der Waals surface area contributed by atoms with Crippen molar-refractivity contribution in [2.24, 2.45) is 10.8 Å². The maximum atomic E-state index is 13.3. The maximum Gasteiger partial charge on any atom is 0.306 e. The van der Waals surface area contributed by atoms with Crippen LogP contribution in [0.1, 0.15) is 140 Å². The summed E-state index contributed by atoms with van der Waals surface area (Å²) in [4.78, 5) is 49.6. The molecule has 316 valence electrons. The SMILES string of the molecule is COC1CC(C)(C)C(/C=C/C(C)=C/C=C/C(C)=C/C=C/C=C(C)/C=C/C=C(C)/C=C/C2=C(C)C(=O)C(OC(=O)CCCCCCCCC(C)=O)CC2(C)C)=C(C)C1=O. The summed E-state index contributed by atoms with van der Waals surface area (Å²) in [5.74, 6) is -0.103. The van der Waals surface area contributed by atoms with Crippen molar-refractivity contribution in [3.05, 3.63) is 130 Å². The summed E-state index contributed by atoms with van der Waals surface area (Å²) in [5, 5.41) is 0. The first kappa shape index (κ1) is 49.7. The number of hydrogen-bond acceptors (Lipinski definition) is 6. The van der Waals surface area contributed by atoms with Gasteiger partial charge in [0, 0.05) is 26.4 Å². The molecule has 0 radical (unpaired) electrons. The molecule has 0 aromatic carbocycles. The second kappa shape index (κ2) is 24.5. The predicted molar refractivity (Wildman–Crippen MR) is 241 cm³/mol. The Morgan fingerprint density at radius 1 is 0.569 bits per heavy atom. The van der Waals surface area contributed by atoms with E-state index in [4.69, 9.17) is 9.47 Å². The highest BCUT2D eigenvalue weighted by Crippen LogP contribution is 2.42. The first-order valence-corrected chi connectivity index (χ1v) is 21.1. The molecule has 2 rings (SSSR count). The monoisotopic (exact) mass is 793 g/mol. The zero-order valence-electron chi connectivity index (χ0n) is 37.8. The molecule has 6 nitrogen and oxygen atoms in total. The van der Waals surface area contributed by atoms with Gasteiger partial charge in [0.1, 0.15) is 11.9 Å². The summed E-state index contributed by atoms with van der Waals surface area (Å²) >= 11 is 0. The largest absolute Gasteiger partial charge is 0.454 e. The quantitative estimate of drug-likeness (QED) is 0.0653. The lowest BCUT2D eigenvalue weighted by molar-refractivity contribution is -0.156. The first-order chi connectivity index (χ1) is 27.3. The summed E-state index contributed by atoms with van der Waals surface area (Å²) in [6.07, 6.45) is 35.5. The number of carbonyl (C=O) groups is 4. The van der Waals surface area contributed by atoms with Gasteiger partial charge in [-0.15, -0.1) is 0 Å². The van der Waals surface area contributed by atoms with Crippen molar-refractivity contribution >= 4 is 23.3 Å². The number of rotatable bonds is 21. The van der Waals surface area contributed by atoms with Gasteiger partial charge in [-0.05, 0) is 101 Å². The van der Waals surface area contributed by atoms with Crippen LogP contribution in [0.5, 0.6) is 0 Å². The summed E-state index contributed by atoms with van der Waals surface area (Å²) in [6.45, 7) is 22.1. The van der Waals surface area contributed by atoms with E-state index in [0.717, 1.165) is 77.5 Å². The minimum atomic E-state index is -0.743. The number of allylic oxidation sites excluding steroid dienone is 20. The number of methoxy groups -OCH3 is 1. The molecule has 6 heteroatoms. The average Bonchev–Trinajstić information content (AvgIpc) is 3.14. The van der Waals surface area contributed by atoms with E-state index in [1.165, 1.54) is 0 Å². The van der Waals surface area contributed by atoms with Gasteiger partial charge in [0.15, 0.2) is 17.7 Å². The van der Waals surface area contributed by atoms with Crippen LogP contribution >= 0.6 is 0 Å². The van der Waals surface area contributed by atoms with Crippen molar-refractivity contribution in [3.8, 4) is 0 Å². The summed E-state index contributed by atoms with van der Waals surface area (Å²) in [5.41, 5.74) is 7.42. The molecule has 0 N–H and O–H groups in total. The van der Waals surface area contributed by atoms with Crippen molar-refractivity contribution in [1.29, 1.82) is 0 Å². The van der Waals surface area contributed by atoms with E-state index in [1.54, 1.807) is 14.0 Å². The zero-order chi connectivity index (χ0) is 43.5. The van der Waals surface area contributed by atoms with Crippen molar-refractivity contribution in [1.82, 2.24) is 0 Å². The Hall–Kier alpha value is -4.42. The van der Waals surface area contributed by atoms with E-state index < -0.39 is 6.10 Å². The molecule has 0 spiro atoms. The molecule has 2 aliphatic carbocycles. The molecule has 0 saturated carbocycles. The van der Waals surface area contributed by atoms with Gasteiger partial charge >= 0.3 is 5.97 Å². The van der Waals surface area contributed by atoms with Crippen LogP contribution in [0.25, 0.3) is 0 Å². The van der Waals surface area contributed by atoms with Gasteiger partial charge in [0.05, 0.1) is 0 Å². The fraction of sp³-hybridized carbons (Fsp3) is 0.500. The second-order valence-electron chi connectivity index (χ2n) is 17.4. The van der Waals surface area contributed by atoms with E-state index >= 15 is 0 Å². The molecule has 0 aromatic heterocycles. The first-order valence-electron chi connectivity index (χ1n) is 21.1. The van der Waals surface area contributed by atoms with E-state index in [0.29, 0.717) is 31.3 Å². The Balaban J connectivity index is 1.89. The third-order valence-electron chi connectivity index (χ3n) is 11.0. The van der Waals surface area contributed by atoms with Crippen LogP contribution in [0, 0.1) is 10.8 Å². The summed E-state index contributed by atoms with van der Waals surface area (Å²) < 4.78 is 11.1. The van der Waals surface area contributed by atoms with E-state index in [-0.39, 0.29) is 40.3 Å². The Morgan fingerprint density at radius 3 is 1.40 bits per heavy atom. The van der Waals surface area contributed by atoms with Crippen LogP contribution in [0.2, 0.25) is 0 Å². The molecule has 2 aliphatic rings. The van der Waals surface area contributed by atoms with Crippen molar-refractivity contribution < 1.29 is 28.7 Å². The molecule has 0 aliphatic heterocycles. The minimum Gasteiger partial charge on any atom is -0.454 e. The molecule has 0 saturated heterocycles. The lowest BCUT2D eigenvalue weighted by Gasteiger charge is -2.36. The van der Waals surface area contributed by atoms with Gasteiger partial charge in [0.2, 0.25) is 0 Å². The highest BCUT2D eigenvalue weighted by atomic mass is 16.5. The molecule has 0 heterocycles. The number of unbranched alkanes of at least 4 members (excludes halogenated alkanes) is 5. The average molecular weight is 793 g/mol. The van der Waals surface area contributed by atoms with Gasteiger partial charge < -0.3 is 14.3 Å². The number of Topliss-reactive ketones (excluding diaryl/α,β-unsaturated/α-hetero) is 3. The number of ether oxygens (including phenoxy) is 2. The normalized spacial score (nSPS) is 21.3. The zero-order valence-corrected chi connectivity index (χ0v) is 37.8. The van der Waals surface area contributed by atoms with Crippen LogP contribution in [0.15, 0.2) is 130 Å². The van der Waals surface area contributed by atoms with Gasteiger partial charge in [-0.25, -0.2) is 0 Å². The number of carbonyl (C=O) groups excluding carboxylic acids is 4. The molecule has 58 heavy (non-hydrogen) atoms. The Bertz CT molecular complexity index is 1820. The van der Waals surface area contributed by atoms with Crippen molar-refractivity contribution in [2.45, 2.75) is 153 Å². The number of ketones is 3. The van der Waals surface area contributed by atoms with Gasteiger partial charge in [0.25, 0.3) is 0 Å². The highest BCUT2D eigenvalue weighted by molar-refractivity contribution is 6.02. The van der Waals surface area contributed by atoms with E-state index in [1.807, 2.05) is 63.3 Å². The molecule has 0 bridgehead atoms. The van der Waals surface area contributed by atoms with E-state index in [9.17, 15) is 19.2 Å². The van der Waals surface area contributed by atoms with Gasteiger partial charge in [-0.3, -0.25) is 14.4 Å². The Labute approximate surface area is 351 Å². The highest BCUT2D eigenvalue weighted by Gasteiger charge is 2.40. The lowest BCUT2D eigenvalue weighted by Crippen LogP contribution is -2.39. The van der Waals surface area contributed by atoms with Crippen LogP contribution in [-0.4, -0.2) is 42.6 Å².